The van der Waals surface area contributed by atoms with Crippen LogP contribution in [0.5, 0.6) is 0 Å². The summed E-state index contributed by atoms with van der Waals surface area (Å²) >= 11 is 0. The number of rotatable bonds is 5. The first kappa shape index (κ1) is 13.5. The van der Waals surface area contributed by atoms with Gasteiger partial charge in [0.25, 0.3) is 0 Å². The number of amides is 2. The van der Waals surface area contributed by atoms with Crippen LogP contribution in [0.3, 0.4) is 0 Å². The SMILES string of the molecule is CCN(CC)C(=O)CN(C)C(=O)C1(C#N)CC1. The molecule has 5 nitrogen and oxygen atoms in total. The van der Waals surface area contributed by atoms with Gasteiger partial charge in [0, 0.05) is 20.1 Å². The van der Waals surface area contributed by atoms with Crippen LogP contribution in [-0.4, -0.2) is 48.3 Å². The highest BCUT2D eigenvalue weighted by atomic mass is 16.2. The van der Waals surface area contributed by atoms with Gasteiger partial charge in [-0.05, 0) is 26.7 Å². The summed E-state index contributed by atoms with van der Waals surface area (Å²) in [5, 5.41) is 8.92. The van der Waals surface area contributed by atoms with Crippen molar-refractivity contribution in [3.63, 3.8) is 0 Å². The molecule has 0 aromatic carbocycles. The molecule has 0 saturated heterocycles. The smallest absolute Gasteiger partial charge is 0.243 e. The minimum absolute atomic E-state index is 0.0595. The molecule has 17 heavy (non-hydrogen) atoms. The Hall–Kier alpha value is -1.57. The second-order valence-electron chi connectivity index (χ2n) is 4.42. The number of nitrogens with zero attached hydrogens (tertiary/aromatic N) is 3. The van der Waals surface area contributed by atoms with E-state index in [0.29, 0.717) is 25.9 Å². The molecule has 2 amide bonds. The summed E-state index contributed by atoms with van der Waals surface area (Å²) in [6, 6.07) is 2.05. The highest BCUT2D eigenvalue weighted by Crippen LogP contribution is 2.46. The first-order chi connectivity index (χ1) is 8.00. The zero-order valence-electron chi connectivity index (χ0n) is 10.7. The molecule has 1 aliphatic carbocycles. The number of hydrogen-bond acceptors (Lipinski definition) is 3. The van der Waals surface area contributed by atoms with E-state index in [1.165, 1.54) is 4.90 Å². The van der Waals surface area contributed by atoms with Crippen LogP contribution in [0.4, 0.5) is 0 Å². The predicted molar refractivity (Wildman–Crippen MR) is 62.8 cm³/mol. The third-order valence-electron chi connectivity index (χ3n) is 3.21. The molecule has 0 heterocycles. The largest absolute Gasteiger partial charge is 0.342 e. The molecule has 0 bridgehead atoms. The van der Waals surface area contributed by atoms with Gasteiger partial charge in [-0.15, -0.1) is 0 Å². The van der Waals surface area contributed by atoms with Crippen molar-refractivity contribution in [3.05, 3.63) is 0 Å². The molecule has 94 valence electrons. The van der Waals surface area contributed by atoms with Gasteiger partial charge in [-0.2, -0.15) is 5.26 Å². The minimum atomic E-state index is -0.835. The number of hydrogen-bond donors (Lipinski definition) is 0. The first-order valence-electron chi connectivity index (χ1n) is 5.95. The van der Waals surface area contributed by atoms with E-state index in [9.17, 15) is 9.59 Å². The number of likely N-dealkylation sites (N-methyl/N-ethyl adjacent to an activating group) is 2. The number of carbonyl (C=O) groups excluding carboxylic acids is 2. The van der Waals surface area contributed by atoms with Gasteiger partial charge in [0.15, 0.2) is 0 Å². The molecule has 1 fully saturated rings. The van der Waals surface area contributed by atoms with Crippen molar-refractivity contribution >= 4 is 11.8 Å². The van der Waals surface area contributed by atoms with Crippen LogP contribution in [0.2, 0.25) is 0 Å². The Bertz CT molecular complexity index is 351. The summed E-state index contributed by atoms with van der Waals surface area (Å²) in [5.41, 5.74) is -0.835. The summed E-state index contributed by atoms with van der Waals surface area (Å²) in [6.45, 7) is 5.15. The summed E-state index contributed by atoms with van der Waals surface area (Å²) in [4.78, 5) is 26.8. The molecule has 0 unspecified atom stereocenters. The quantitative estimate of drug-likeness (QED) is 0.704. The van der Waals surface area contributed by atoms with Gasteiger partial charge in [-0.25, -0.2) is 0 Å². The van der Waals surface area contributed by atoms with Gasteiger partial charge >= 0.3 is 0 Å². The molecule has 5 heteroatoms. The topological polar surface area (TPSA) is 64.4 Å². The van der Waals surface area contributed by atoms with Gasteiger partial charge < -0.3 is 9.80 Å². The van der Waals surface area contributed by atoms with E-state index in [2.05, 4.69) is 0 Å². The Morgan fingerprint density at radius 2 is 1.82 bits per heavy atom. The highest BCUT2D eigenvalue weighted by Gasteiger charge is 2.52. The van der Waals surface area contributed by atoms with E-state index in [1.54, 1.807) is 11.9 Å². The second-order valence-corrected chi connectivity index (χ2v) is 4.42. The molecule has 1 aliphatic rings. The van der Waals surface area contributed by atoms with Gasteiger partial charge in [0.2, 0.25) is 11.8 Å². The van der Waals surface area contributed by atoms with Crippen LogP contribution in [0.25, 0.3) is 0 Å². The van der Waals surface area contributed by atoms with Crippen LogP contribution in [-0.2, 0) is 9.59 Å². The fraction of sp³-hybridized carbons (Fsp3) is 0.750. The lowest BCUT2D eigenvalue weighted by Crippen LogP contribution is -2.43. The van der Waals surface area contributed by atoms with Crippen molar-refractivity contribution < 1.29 is 9.59 Å². The number of carbonyl (C=O) groups is 2. The maximum Gasteiger partial charge on any atom is 0.243 e. The van der Waals surface area contributed by atoms with E-state index < -0.39 is 5.41 Å². The molecular weight excluding hydrogens is 218 g/mol. The molecule has 0 spiro atoms. The molecule has 0 radical (unpaired) electrons. The van der Waals surface area contributed by atoms with Gasteiger partial charge in [-0.1, -0.05) is 0 Å². The Morgan fingerprint density at radius 3 is 2.18 bits per heavy atom. The molecule has 0 N–H and O–H groups in total. The van der Waals surface area contributed by atoms with Crippen molar-refractivity contribution in [2.24, 2.45) is 5.41 Å². The summed E-state index contributed by atoms with van der Waals surface area (Å²) in [6.07, 6.45) is 1.23. The highest BCUT2D eigenvalue weighted by molar-refractivity contribution is 5.91. The van der Waals surface area contributed by atoms with E-state index in [-0.39, 0.29) is 18.4 Å². The molecular formula is C12H19N3O2. The van der Waals surface area contributed by atoms with Crippen molar-refractivity contribution in [1.29, 1.82) is 5.26 Å². The fourth-order valence-electron chi connectivity index (χ4n) is 1.81. The Balaban J connectivity index is 2.55. The first-order valence-corrected chi connectivity index (χ1v) is 5.95. The van der Waals surface area contributed by atoms with Crippen LogP contribution in [0.15, 0.2) is 0 Å². The van der Waals surface area contributed by atoms with E-state index in [1.807, 2.05) is 19.9 Å². The third kappa shape index (κ3) is 2.76. The second kappa shape index (κ2) is 5.17. The van der Waals surface area contributed by atoms with Crippen molar-refractivity contribution in [3.8, 4) is 6.07 Å². The third-order valence-corrected chi connectivity index (χ3v) is 3.21. The number of nitriles is 1. The molecule has 1 rings (SSSR count). The van der Waals surface area contributed by atoms with Crippen LogP contribution in [0.1, 0.15) is 26.7 Å². The van der Waals surface area contributed by atoms with Crippen molar-refractivity contribution in [2.75, 3.05) is 26.7 Å². The molecule has 0 aromatic rings. The van der Waals surface area contributed by atoms with Gasteiger partial charge in [0.1, 0.15) is 5.41 Å². The standard InChI is InChI=1S/C12H19N3O2/c1-4-15(5-2)10(16)8-14(3)11(17)12(9-13)6-7-12/h4-8H2,1-3H3. The lowest BCUT2D eigenvalue weighted by atomic mass is 10.1. The maximum atomic E-state index is 11.9. The fourth-order valence-corrected chi connectivity index (χ4v) is 1.81. The Labute approximate surface area is 102 Å². The predicted octanol–water partition coefficient (Wildman–Crippen LogP) is 0.617. The summed E-state index contributed by atoms with van der Waals surface area (Å²) < 4.78 is 0. The van der Waals surface area contributed by atoms with E-state index in [0.717, 1.165) is 0 Å². The van der Waals surface area contributed by atoms with E-state index in [4.69, 9.17) is 5.26 Å². The van der Waals surface area contributed by atoms with Crippen LogP contribution >= 0.6 is 0 Å². The average Bonchev–Trinajstić information content (AvgIpc) is 3.10. The lowest BCUT2D eigenvalue weighted by Gasteiger charge is -2.24. The normalized spacial score (nSPS) is 15.9. The summed E-state index contributed by atoms with van der Waals surface area (Å²) in [7, 11) is 1.58. The molecule has 0 atom stereocenters. The Kier molecular flexibility index (Phi) is 4.11. The summed E-state index contributed by atoms with van der Waals surface area (Å²) in [5.74, 6) is -0.292. The zero-order valence-corrected chi connectivity index (χ0v) is 10.7. The van der Waals surface area contributed by atoms with Crippen molar-refractivity contribution in [1.82, 2.24) is 9.80 Å². The monoisotopic (exact) mass is 237 g/mol. The zero-order chi connectivity index (χ0) is 13.1. The van der Waals surface area contributed by atoms with Crippen molar-refractivity contribution in [2.45, 2.75) is 26.7 Å². The van der Waals surface area contributed by atoms with E-state index >= 15 is 0 Å². The maximum absolute atomic E-state index is 11.9. The average molecular weight is 237 g/mol. The lowest BCUT2D eigenvalue weighted by molar-refractivity contribution is -0.141. The van der Waals surface area contributed by atoms with Gasteiger partial charge in [0.05, 0.1) is 12.6 Å². The van der Waals surface area contributed by atoms with Crippen LogP contribution in [0, 0.1) is 16.7 Å². The van der Waals surface area contributed by atoms with Gasteiger partial charge in [-0.3, -0.25) is 9.59 Å². The van der Waals surface area contributed by atoms with Crippen LogP contribution < -0.4 is 0 Å². The molecule has 0 aromatic heterocycles. The molecule has 1 saturated carbocycles. The Morgan fingerprint density at radius 1 is 1.29 bits per heavy atom. The molecule has 0 aliphatic heterocycles. The minimum Gasteiger partial charge on any atom is -0.342 e.